The van der Waals surface area contributed by atoms with Gasteiger partial charge in [-0.15, -0.1) is 0 Å². The molecule has 0 atom stereocenters. The molecule has 0 bridgehead atoms. The zero-order valence-corrected chi connectivity index (χ0v) is 18.7. The van der Waals surface area contributed by atoms with Gasteiger partial charge in [-0.3, -0.25) is 9.78 Å². The number of aryl methyl sites for hydroxylation is 1. The highest BCUT2D eigenvalue weighted by molar-refractivity contribution is 7.90. The molecule has 33 heavy (non-hydrogen) atoms. The molecule has 2 aromatic carbocycles. The smallest absolute Gasteiger partial charge is 0.303 e. The van der Waals surface area contributed by atoms with Crippen LogP contribution >= 0.6 is 0 Å². The summed E-state index contributed by atoms with van der Waals surface area (Å²) in [7, 11) is -2.40. The van der Waals surface area contributed by atoms with Crippen molar-refractivity contribution in [3.63, 3.8) is 0 Å². The highest BCUT2D eigenvalue weighted by atomic mass is 32.2. The van der Waals surface area contributed by atoms with E-state index in [0.29, 0.717) is 34.6 Å². The van der Waals surface area contributed by atoms with Gasteiger partial charge < -0.3 is 14.6 Å². The van der Waals surface area contributed by atoms with E-state index in [1.165, 1.54) is 29.4 Å². The topological polar surface area (TPSA) is 108 Å². The maximum absolute atomic E-state index is 13.4. The van der Waals surface area contributed by atoms with Crippen LogP contribution in [0.25, 0.3) is 10.9 Å². The summed E-state index contributed by atoms with van der Waals surface area (Å²) in [5.41, 5.74) is 2.02. The molecule has 4 rings (SSSR count). The molecule has 0 aliphatic rings. The number of aliphatic carboxylic acids is 1. The summed E-state index contributed by atoms with van der Waals surface area (Å²) in [6, 6.07) is 14.9. The Morgan fingerprint density at radius 1 is 1.03 bits per heavy atom. The Balaban J connectivity index is 1.64. The third kappa shape index (κ3) is 4.83. The lowest BCUT2D eigenvalue weighted by molar-refractivity contribution is -0.136. The van der Waals surface area contributed by atoms with Crippen LogP contribution in [-0.2, 0) is 27.8 Å². The standard InChI is InChI=1S/C24H22N2O6S/c1-31-20-5-8-23-22(14-20)18(2-9-24(27)28)15-26(23)33(29,30)21-6-3-19(4-7-21)32-16-17-10-12-25-13-11-17/h3-8,10-15H,2,9,16H2,1H3,(H,27,28). The number of rotatable bonds is 9. The van der Waals surface area contributed by atoms with E-state index in [9.17, 15) is 13.2 Å². The second-order valence-corrected chi connectivity index (χ2v) is 9.16. The molecule has 0 fully saturated rings. The quantitative estimate of drug-likeness (QED) is 0.399. The number of carbonyl (C=O) groups is 1. The Labute approximate surface area is 191 Å². The van der Waals surface area contributed by atoms with E-state index in [0.717, 1.165) is 5.56 Å². The monoisotopic (exact) mass is 466 g/mol. The van der Waals surface area contributed by atoms with Crippen LogP contribution in [0.2, 0.25) is 0 Å². The van der Waals surface area contributed by atoms with Crippen LogP contribution in [0.3, 0.4) is 0 Å². The average molecular weight is 467 g/mol. The van der Waals surface area contributed by atoms with Crippen LogP contribution in [0.15, 0.2) is 78.1 Å². The van der Waals surface area contributed by atoms with Crippen molar-refractivity contribution in [2.75, 3.05) is 7.11 Å². The van der Waals surface area contributed by atoms with E-state index >= 15 is 0 Å². The molecule has 0 spiro atoms. The molecule has 0 saturated carbocycles. The summed E-state index contributed by atoms with van der Waals surface area (Å²) in [4.78, 5) is 15.1. The number of pyridine rings is 1. The molecule has 0 aliphatic carbocycles. The van der Waals surface area contributed by atoms with E-state index < -0.39 is 16.0 Å². The van der Waals surface area contributed by atoms with Gasteiger partial charge in [-0.1, -0.05) is 0 Å². The van der Waals surface area contributed by atoms with Crippen LogP contribution in [0.4, 0.5) is 0 Å². The number of carboxylic acid groups (broad SMARTS) is 1. The largest absolute Gasteiger partial charge is 0.497 e. The minimum absolute atomic E-state index is 0.0938. The number of hydrogen-bond acceptors (Lipinski definition) is 6. The van der Waals surface area contributed by atoms with Gasteiger partial charge in [0.15, 0.2) is 0 Å². The molecule has 0 saturated heterocycles. The van der Waals surface area contributed by atoms with Gasteiger partial charge in [-0.25, -0.2) is 12.4 Å². The number of aromatic nitrogens is 2. The number of nitrogens with zero attached hydrogens (tertiary/aromatic N) is 2. The molecule has 170 valence electrons. The Kier molecular flexibility index (Phi) is 6.32. The lowest BCUT2D eigenvalue weighted by Gasteiger charge is -2.10. The van der Waals surface area contributed by atoms with Gasteiger partial charge >= 0.3 is 5.97 Å². The zero-order valence-electron chi connectivity index (χ0n) is 17.8. The highest BCUT2D eigenvalue weighted by Gasteiger charge is 2.22. The number of ether oxygens (including phenoxy) is 2. The molecular weight excluding hydrogens is 444 g/mol. The SMILES string of the molecule is COc1ccc2c(c1)c(CCC(=O)O)cn2S(=O)(=O)c1ccc(OCc2ccncc2)cc1. The van der Waals surface area contributed by atoms with Crippen molar-refractivity contribution in [3.8, 4) is 11.5 Å². The summed E-state index contributed by atoms with van der Waals surface area (Å²) >= 11 is 0. The molecule has 0 aliphatic heterocycles. The van der Waals surface area contributed by atoms with Crippen molar-refractivity contribution in [2.24, 2.45) is 0 Å². The molecule has 8 nitrogen and oxygen atoms in total. The van der Waals surface area contributed by atoms with E-state index in [-0.39, 0.29) is 17.7 Å². The minimum atomic E-state index is -3.92. The summed E-state index contributed by atoms with van der Waals surface area (Å²) in [6.07, 6.45) is 4.92. The Morgan fingerprint density at radius 3 is 2.39 bits per heavy atom. The summed E-state index contributed by atoms with van der Waals surface area (Å²) in [5, 5.41) is 9.71. The van der Waals surface area contributed by atoms with Crippen molar-refractivity contribution in [3.05, 3.63) is 84.3 Å². The van der Waals surface area contributed by atoms with Crippen LogP contribution in [0.5, 0.6) is 11.5 Å². The summed E-state index contributed by atoms with van der Waals surface area (Å²) < 4.78 is 39.0. The van der Waals surface area contributed by atoms with Gasteiger partial charge in [0.25, 0.3) is 10.0 Å². The first-order chi connectivity index (χ1) is 15.9. The average Bonchev–Trinajstić information content (AvgIpc) is 3.21. The number of fused-ring (bicyclic) bond motifs is 1. The molecular formula is C24H22N2O6S. The fourth-order valence-electron chi connectivity index (χ4n) is 3.48. The first-order valence-electron chi connectivity index (χ1n) is 10.2. The summed E-state index contributed by atoms with van der Waals surface area (Å²) in [5.74, 6) is 0.143. The Hall–Kier alpha value is -3.85. The lowest BCUT2D eigenvalue weighted by Crippen LogP contribution is -2.12. The Bertz CT molecular complexity index is 1380. The van der Waals surface area contributed by atoms with E-state index in [2.05, 4.69) is 4.98 Å². The van der Waals surface area contributed by atoms with Gasteiger partial charge in [0.2, 0.25) is 0 Å². The molecule has 0 unspecified atom stereocenters. The normalized spacial score (nSPS) is 11.4. The summed E-state index contributed by atoms with van der Waals surface area (Å²) in [6.45, 7) is 0.339. The number of carboxylic acids is 1. The minimum Gasteiger partial charge on any atom is -0.497 e. The van der Waals surface area contributed by atoms with Crippen LogP contribution in [-0.4, -0.2) is 35.6 Å². The molecule has 9 heteroatoms. The van der Waals surface area contributed by atoms with E-state index in [1.54, 1.807) is 42.7 Å². The van der Waals surface area contributed by atoms with Gasteiger partial charge in [-0.2, -0.15) is 0 Å². The van der Waals surface area contributed by atoms with Crippen LogP contribution < -0.4 is 9.47 Å². The maximum Gasteiger partial charge on any atom is 0.303 e. The van der Waals surface area contributed by atoms with E-state index in [4.69, 9.17) is 14.6 Å². The van der Waals surface area contributed by atoms with Crippen LogP contribution in [0, 0.1) is 0 Å². The Morgan fingerprint density at radius 2 is 1.73 bits per heavy atom. The third-order valence-electron chi connectivity index (χ3n) is 5.20. The molecule has 2 heterocycles. The van der Waals surface area contributed by atoms with Crippen molar-refractivity contribution < 1.29 is 27.8 Å². The highest BCUT2D eigenvalue weighted by Crippen LogP contribution is 2.30. The van der Waals surface area contributed by atoms with Crippen LogP contribution in [0.1, 0.15) is 17.5 Å². The van der Waals surface area contributed by atoms with Gasteiger partial charge in [0.1, 0.15) is 18.1 Å². The van der Waals surface area contributed by atoms with Crippen molar-refractivity contribution in [1.82, 2.24) is 8.96 Å². The van der Waals surface area contributed by atoms with Gasteiger partial charge in [0, 0.05) is 30.4 Å². The van der Waals surface area contributed by atoms with Crippen molar-refractivity contribution >= 4 is 26.9 Å². The predicted molar refractivity (Wildman–Crippen MR) is 122 cm³/mol. The van der Waals surface area contributed by atoms with Crippen molar-refractivity contribution in [2.45, 2.75) is 24.3 Å². The fourth-order valence-corrected chi connectivity index (χ4v) is 4.87. The van der Waals surface area contributed by atoms with Crippen molar-refractivity contribution in [1.29, 1.82) is 0 Å². The maximum atomic E-state index is 13.4. The number of hydrogen-bond donors (Lipinski definition) is 1. The molecule has 0 amide bonds. The first-order valence-corrected chi connectivity index (χ1v) is 11.6. The second-order valence-electron chi connectivity index (χ2n) is 7.35. The number of methoxy groups -OCH3 is 1. The molecule has 2 aromatic heterocycles. The van der Waals surface area contributed by atoms with Gasteiger partial charge in [-0.05, 0) is 72.1 Å². The second kappa shape index (κ2) is 9.33. The molecule has 1 N–H and O–H groups in total. The fraction of sp³-hybridized carbons (Fsp3) is 0.167. The number of benzene rings is 2. The molecule has 4 aromatic rings. The predicted octanol–water partition coefficient (Wildman–Crippen LogP) is 3.88. The van der Waals surface area contributed by atoms with Gasteiger partial charge in [0.05, 0.1) is 17.5 Å². The molecule has 0 radical (unpaired) electrons. The van der Waals surface area contributed by atoms with E-state index in [1.807, 2.05) is 12.1 Å². The zero-order chi connectivity index (χ0) is 23.4. The lowest BCUT2D eigenvalue weighted by atomic mass is 10.1. The third-order valence-corrected chi connectivity index (χ3v) is 6.89. The first kappa shape index (κ1) is 22.3.